The summed E-state index contributed by atoms with van der Waals surface area (Å²) < 4.78 is 15.6. The van der Waals surface area contributed by atoms with Gasteiger partial charge in [-0.2, -0.15) is 0 Å². The molecular formula is C30H28ClFN3P. The van der Waals surface area contributed by atoms with Gasteiger partial charge in [0.1, 0.15) is 40.8 Å². The van der Waals surface area contributed by atoms with Gasteiger partial charge in [-0.05, 0) is 66.6 Å². The minimum absolute atomic E-state index is 0. The lowest BCUT2D eigenvalue weighted by atomic mass is 10.1. The maximum atomic E-state index is 13.7. The fraction of sp³-hybridized carbons (Fsp3) is 0.133. The summed E-state index contributed by atoms with van der Waals surface area (Å²) in [5.41, 5.74) is 2.85. The third-order valence-electron chi connectivity index (χ3n) is 6.39. The van der Waals surface area contributed by atoms with Crippen LogP contribution in [0.4, 0.5) is 4.39 Å². The SMILES string of the molecule is CC(C)c1nnn(-c2ccc(F)cc2)c1C[P+](c1ccccc1)(c1ccccc1)c1ccccc1.[Cl-]. The largest absolute Gasteiger partial charge is 1.00 e. The second kappa shape index (κ2) is 11.2. The van der Waals surface area contributed by atoms with Crippen LogP contribution in [0, 0.1) is 5.82 Å². The molecular weight excluding hydrogens is 488 g/mol. The maximum Gasteiger partial charge on any atom is 0.123 e. The molecule has 0 saturated heterocycles. The zero-order chi connectivity index (χ0) is 24.3. The first kappa shape index (κ1) is 25.8. The second-order valence-electron chi connectivity index (χ2n) is 8.94. The van der Waals surface area contributed by atoms with E-state index >= 15 is 0 Å². The minimum atomic E-state index is -2.14. The van der Waals surface area contributed by atoms with Gasteiger partial charge in [0, 0.05) is 0 Å². The fourth-order valence-corrected chi connectivity index (χ4v) is 8.92. The lowest BCUT2D eigenvalue weighted by Crippen LogP contribution is -3.00. The third kappa shape index (κ3) is 4.84. The Labute approximate surface area is 218 Å². The molecule has 0 radical (unpaired) electrons. The molecule has 1 heterocycles. The summed E-state index contributed by atoms with van der Waals surface area (Å²) in [5, 5.41) is 13.1. The standard InChI is InChI=1S/C30H28FN3P.ClH/c1-23(2)30-29(34(33-32-30)25-20-18-24(31)19-21-25)22-35(26-12-6-3-7-13-26,27-14-8-4-9-15-27)28-16-10-5-11-17-28;/h3-21,23H,22H2,1-2H3;1H/q+1;/p-1. The average Bonchev–Trinajstić information content (AvgIpc) is 3.33. The molecule has 0 aliphatic carbocycles. The quantitative estimate of drug-likeness (QED) is 0.312. The van der Waals surface area contributed by atoms with Gasteiger partial charge < -0.3 is 12.4 Å². The Kier molecular flexibility index (Phi) is 7.98. The third-order valence-corrected chi connectivity index (χ3v) is 10.7. The molecule has 0 fully saturated rings. The number of rotatable bonds is 7. The maximum absolute atomic E-state index is 13.7. The Balaban J connectivity index is 0.00000304. The van der Waals surface area contributed by atoms with E-state index < -0.39 is 7.26 Å². The molecule has 5 aromatic rings. The van der Waals surface area contributed by atoms with E-state index in [2.05, 4.69) is 115 Å². The number of benzene rings is 4. The Morgan fingerprint density at radius 3 is 1.56 bits per heavy atom. The number of hydrogen-bond acceptors (Lipinski definition) is 2. The van der Waals surface area contributed by atoms with Gasteiger partial charge in [0.05, 0.1) is 11.4 Å². The van der Waals surface area contributed by atoms with Gasteiger partial charge >= 0.3 is 0 Å². The van der Waals surface area contributed by atoms with Crippen LogP contribution in [-0.2, 0) is 6.16 Å². The summed E-state index contributed by atoms with van der Waals surface area (Å²) in [6, 6.07) is 38.9. The Bertz CT molecular complexity index is 1290. The van der Waals surface area contributed by atoms with Gasteiger partial charge in [-0.3, -0.25) is 0 Å². The smallest absolute Gasteiger partial charge is 0.123 e. The highest BCUT2D eigenvalue weighted by Gasteiger charge is 2.47. The predicted molar refractivity (Wildman–Crippen MR) is 144 cm³/mol. The average molecular weight is 516 g/mol. The van der Waals surface area contributed by atoms with Crippen molar-refractivity contribution in [2.24, 2.45) is 0 Å². The molecule has 36 heavy (non-hydrogen) atoms. The molecule has 0 bridgehead atoms. The van der Waals surface area contributed by atoms with E-state index in [9.17, 15) is 4.39 Å². The highest BCUT2D eigenvalue weighted by Crippen LogP contribution is 2.58. The summed E-state index contributed by atoms with van der Waals surface area (Å²) in [4.78, 5) is 0. The van der Waals surface area contributed by atoms with Crippen molar-refractivity contribution in [1.29, 1.82) is 0 Å². The zero-order valence-electron chi connectivity index (χ0n) is 20.3. The summed E-state index contributed by atoms with van der Waals surface area (Å²) in [6.45, 7) is 4.30. The van der Waals surface area contributed by atoms with Crippen molar-refractivity contribution < 1.29 is 16.8 Å². The highest BCUT2D eigenvalue weighted by molar-refractivity contribution is 7.95. The van der Waals surface area contributed by atoms with Crippen molar-refractivity contribution in [2.45, 2.75) is 25.9 Å². The van der Waals surface area contributed by atoms with Crippen LogP contribution in [0.5, 0.6) is 0 Å². The molecule has 0 saturated carbocycles. The predicted octanol–water partition coefficient (Wildman–Crippen LogP) is 3.03. The van der Waals surface area contributed by atoms with Gasteiger partial charge in [0.15, 0.2) is 0 Å². The monoisotopic (exact) mass is 515 g/mol. The lowest BCUT2D eigenvalue weighted by molar-refractivity contribution is -0.00000773. The minimum Gasteiger partial charge on any atom is -1.00 e. The Morgan fingerprint density at radius 2 is 1.14 bits per heavy atom. The Morgan fingerprint density at radius 1 is 0.694 bits per heavy atom. The van der Waals surface area contributed by atoms with Crippen LogP contribution in [0.3, 0.4) is 0 Å². The number of hydrogen-bond donors (Lipinski definition) is 0. The van der Waals surface area contributed by atoms with Gasteiger partial charge in [-0.25, -0.2) is 9.07 Å². The molecule has 1 aromatic heterocycles. The number of aromatic nitrogens is 3. The number of nitrogens with zero attached hydrogens (tertiary/aromatic N) is 3. The van der Waals surface area contributed by atoms with Crippen molar-refractivity contribution >= 4 is 23.2 Å². The van der Waals surface area contributed by atoms with Gasteiger partial charge in [-0.15, -0.1) is 5.10 Å². The molecule has 4 aromatic carbocycles. The molecule has 0 aliphatic rings. The van der Waals surface area contributed by atoms with Crippen molar-refractivity contribution in [3.63, 3.8) is 0 Å². The van der Waals surface area contributed by atoms with E-state index in [1.807, 2.05) is 4.68 Å². The first-order chi connectivity index (χ1) is 17.1. The van der Waals surface area contributed by atoms with Crippen LogP contribution in [0.15, 0.2) is 115 Å². The molecule has 6 heteroatoms. The molecule has 0 spiro atoms. The lowest BCUT2D eigenvalue weighted by Gasteiger charge is -2.28. The fourth-order valence-electron chi connectivity index (χ4n) is 4.69. The first-order valence-electron chi connectivity index (χ1n) is 11.8. The normalized spacial score (nSPS) is 11.3. The number of halogens is 2. The van der Waals surface area contributed by atoms with E-state index in [0.29, 0.717) is 0 Å². The van der Waals surface area contributed by atoms with Crippen molar-refractivity contribution in [3.8, 4) is 5.69 Å². The molecule has 0 amide bonds. The molecule has 182 valence electrons. The van der Waals surface area contributed by atoms with Crippen molar-refractivity contribution in [2.75, 3.05) is 0 Å². The van der Waals surface area contributed by atoms with E-state index in [-0.39, 0.29) is 24.1 Å². The molecule has 0 unspecified atom stereocenters. The topological polar surface area (TPSA) is 30.7 Å². The van der Waals surface area contributed by atoms with E-state index in [1.165, 1.54) is 28.0 Å². The van der Waals surface area contributed by atoms with Crippen molar-refractivity contribution in [1.82, 2.24) is 15.0 Å². The molecule has 5 rings (SSSR count). The summed E-state index contributed by atoms with van der Waals surface area (Å²) in [6.07, 6.45) is 0.753. The molecule has 0 atom stereocenters. The van der Waals surface area contributed by atoms with Crippen LogP contribution >= 0.6 is 7.26 Å². The van der Waals surface area contributed by atoms with E-state index in [0.717, 1.165) is 23.2 Å². The summed E-state index contributed by atoms with van der Waals surface area (Å²) >= 11 is 0. The second-order valence-corrected chi connectivity index (χ2v) is 12.4. The van der Waals surface area contributed by atoms with E-state index in [4.69, 9.17) is 0 Å². The Hall–Kier alpha value is -3.33. The van der Waals surface area contributed by atoms with Crippen molar-refractivity contribution in [3.05, 3.63) is 132 Å². The van der Waals surface area contributed by atoms with Gasteiger partial charge in [0.25, 0.3) is 0 Å². The molecule has 0 aliphatic heterocycles. The van der Waals surface area contributed by atoms with Crippen LogP contribution in [0.1, 0.15) is 31.2 Å². The van der Waals surface area contributed by atoms with Crippen LogP contribution in [0.25, 0.3) is 5.69 Å². The van der Waals surface area contributed by atoms with E-state index in [1.54, 1.807) is 12.1 Å². The molecule has 0 N–H and O–H groups in total. The highest BCUT2D eigenvalue weighted by atomic mass is 35.5. The van der Waals surface area contributed by atoms with Gasteiger partial charge in [0.2, 0.25) is 0 Å². The molecule has 3 nitrogen and oxygen atoms in total. The summed E-state index contributed by atoms with van der Waals surface area (Å²) in [5.74, 6) is -0.0670. The first-order valence-corrected chi connectivity index (χ1v) is 13.8. The van der Waals surface area contributed by atoms with Crippen LogP contribution in [-0.4, -0.2) is 15.0 Å². The van der Waals surface area contributed by atoms with Crippen LogP contribution < -0.4 is 28.3 Å². The summed E-state index contributed by atoms with van der Waals surface area (Å²) in [7, 11) is -2.14. The zero-order valence-corrected chi connectivity index (χ0v) is 21.9. The van der Waals surface area contributed by atoms with Crippen LogP contribution in [0.2, 0.25) is 0 Å². The van der Waals surface area contributed by atoms with Gasteiger partial charge in [-0.1, -0.05) is 73.7 Å².